The molecule has 8 nitrogen and oxygen atoms in total. The Labute approximate surface area is 164 Å². The van der Waals surface area contributed by atoms with Gasteiger partial charge in [0.1, 0.15) is 16.8 Å². The van der Waals surface area contributed by atoms with Gasteiger partial charge in [0.05, 0.1) is 12.0 Å². The Morgan fingerprint density at radius 3 is 2.59 bits per heavy atom. The zero-order valence-electron chi connectivity index (χ0n) is 15.3. The zero-order chi connectivity index (χ0) is 20.4. The lowest BCUT2D eigenvalue weighted by Gasteiger charge is -2.05. The highest BCUT2D eigenvalue weighted by molar-refractivity contribution is 6.07. The summed E-state index contributed by atoms with van der Waals surface area (Å²) < 4.78 is 10.9. The van der Waals surface area contributed by atoms with Crippen molar-refractivity contribution in [2.75, 3.05) is 12.4 Å². The van der Waals surface area contributed by atoms with Crippen LogP contribution in [0.3, 0.4) is 0 Å². The molecule has 4 aromatic rings. The van der Waals surface area contributed by atoms with Gasteiger partial charge in [0, 0.05) is 17.3 Å². The molecule has 0 saturated heterocycles. The summed E-state index contributed by atoms with van der Waals surface area (Å²) in [5.74, 6) is 0.588. The van der Waals surface area contributed by atoms with Crippen LogP contribution in [-0.2, 0) is 0 Å². The molecule has 0 aliphatic carbocycles. The fourth-order valence-corrected chi connectivity index (χ4v) is 2.89. The average molecular weight is 389 g/mol. The van der Waals surface area contributed by atoms with Gasteiger partial charge < -0.3 is 14.5 Å². The second-order valence-corrected chi connectivity index (χ2v) is 6.16. The summed E-state index contributed by atoms with van der Waals surface area (Å²) in [4.78, 5) is 27.5. The van der Waals surface area contributed by atoms with Gasteiger partial charge in [-0.25, -0.2) is 4.98 Å². The standard InChI is InChI=1S/C21H15N3O5/c1-28-15-9-6-13(7-10-15)21-23-17-12-14(8-11-19(17)29-21)22-20(25)16-4-2-3-5-18(16)24(26)27/h2-12H,1H3,(H,22,25). The van der Waals surface area contributed by atoms with Crippen LogP contribution in [0.2, 0.25) is 0 Å². The van der Waals surface area contributed by atoms with Crippen molar-refractivity contribution in [1.29, 1.82) is 0 Å². The van der Waals surface area contributed by atoms with Crippen LogP contribution in [0.15, 0.2) is 71.1 Å². The minimum absolute atomic E-state index is 0.0170. The summed E-state index contributed by atoms with van der Waals surface area (Å²) in [6, 6.07) is 18.1. The minimum atomic E-state index is -0.586. The Morgan fingerprint density at radius 1 is 1.10 bits per heavy atom. The number of oxazole rings is 1. The topological polar surface area (TPSA) is 108 Å². The highest BCUT2D eigenvalue weighted by Crippen LogP contribution is 2.28. The van der Waals surface area contributed by atoms with Gasteiger partial charge in [-0.15, -0.1) is 0 Å². The molecule has 0 atom stereocenters. The van der Waals surface area contributed by atoms with Crippen molar-refractivity contribution in [3.8, 4) is 17.2 Å². The van der Waals surface area contributed by atoms with Gasteiger partial charge in [-0.2, -0.15) is 0 Å². The van der Waals surface area contributed by atoms with E-state index in [1.54, 1.807) is 31.4 Å². The van der Waals surface area contributed by atoms with Crippen LogP contribution in [-0.4, -0.2) is 22.9 Å². The number of carbonyl (C=O) groups is 1. The zero-order valence-corrected chi connectivity index (χ0v) is 15.3. The van der Waals surface area contributed by atoms with Crippen LogP contribution in [0, 0.1) is 10.1 Å². The van der Waals surface area contributed by atoms with Crippen LogP contribution in [0.5, 0.6) is 5.75 Å². The quantitative estimate of drug-likeness (QED) is 0.393. The molecule has 29 heavy (non-hydrogen) atoms. The van der Waals surface area contributed by atoms with Crippen molar-refractivity contribution < 1.29 is 18.9 Å². The number of methoxy groups -OCH3 is 1. The molecule has 0 spiro atoms. The van der Waals surface area contributed by atoms with E-state index < -0.39 is 10.8 Å². The van der Waals surface area contributed by atoms with Gasteiger partial charge in [-0.1, -0.05) is 12.1 Å². The molecule has 0 radical (unpaired) electrons. The molecule has 8 heteroatoms. The Hall–Kier alpha value is -4.20. The molecule has 1 N–H and O–H groups in total. The van der Waals surface area contributed by atoms with Crippen LogP contribution in [0.4, 0.5) is 11.4 Å². The monoisotopic (exact) mass is 389 g/mol. The van der Waals surface area contributed by atoms with Gasteiger partial charge in [0.15, 0.2) is 5.58 Å². The lowest BCUT2D eigenvalue weighted by Crippen LogP contribution is -2.13. The molecule has 3 aromatic carbocycles. The number of hydrogen-bond acceptors (Lipinski definition) is 6. The number of hydrogen-bond donors (Lipinski definition) is 1. The fraction of sp³-hybridized carbons (Fsp3) is 0.0476. The van der Waals surface area contributed by atoms with Crippen LogP contribution >= 0.6 is 0 Å². The first-order valence-electron chi connectivity index (χ1n) is 8.65. The molecule has 0 bridgehead atoms. The third-order valence-electron chi connectivity index (χ3n) is 4.33. The predicted octanol–water partition coefficient (Wildman–Crippen LogP) is 4.66. The highest BCUT2D eigenvalue weighted by Gasteiger charge is 2.19. The molecule has 1 heterocycles. The number of nitrogens with one attached hydrogen (secondary N) is 1. The minimum Gasteiger partial charge on any atom is -0.497 e. The number of nitrogens with zero attached hydrogens (tertiary/aromatic N) is 2. The molecule has 1 aromatic heterocycles. The van der Waals surface area contributed by atoms with Crippen molar-refractivity contribution in [2.24, 2.45) is 0 Å². The summed E-state index contributed by atoms with van der Waals surface area (Å²) >= 11 is 0. The van der Waals surface area contributed by atoms with Crippen molar-refractivity contribution in [1.82, 2.24) is 4.98 Å². The summed E-state index contributed by atoms with van der Waals surface area (Å²) in [6.45, 7) is 0. The summed E-state index contributed by atoms with van der Waals surface area (Å²) in [6.07, 6.45) is 0. The number of aromatic nitrogens is 1. The Balaban J connectivity index is 1.61. The number of benzene rings is 3. The predicted molar refractivity (Wildman–Crippen MR) is 107 cm³/mol. The first-order valence-corrected chi connectivity index (χ1v) is 8.65. The summed E-state index contributed by atoms with van der Waals surface area (Å²) in [7, 11) is 1.59. The van der Waals surface area contributed by atoms with E-state index in [1.165, 1.54) is 18.2 Å². The highest BCUT2D eigenvalue weighted by atomic mass is 16.6. The van der Waals surface area contributed by atoms with Crippen molar-refractivity contribution >= 4 is 28.4 Å². The van der Waals surface area contributed by atoms with E-state index in [0.29, 0.717) is 22.7 Å². The van der Waals surface area contributed by atoms with Gasteiger partial charge >= 0.3 is 0 Å². The van der Waals surface area contributed by atoms with Crippen molar-refractivity contribution in [3.05, 3.63) is 82.4 Å². The molecule has 0 aliphatic rings. The van der Waals surface area contributed by atoms with Crippen molar-refractivity contribution in [3.63, 3.8) is 0 Å². The first kappa shape index (κ1) is 18.2. The van der Waals surface area contributed by atoms with Gasteiger partial charge in [-0.05, 0) is 48.5 Å². The van der Waals surface area contributed by atoms with E-state index in [1.807, 2.05) is 24.3 Å². The molecule has 1 amide bonds. The molecule has 4 rings (SSSR count). The molecule has 0 unspecified atom stereocenters. The maximum Gasteiger partial charge on any atom is 0.282 e. The molecule has 0 saturated carbocycles. The lowest BCUT2D eigenvalue weighted by molar-refractivity contribution is -0.385. The number of ether oxygens (including phenoxy) is 1. The van der Waals surface area contributed by atoms with E-state index in [-0.39, 0.29) is 11.3 Å². The third kappa shape index (κ3) is 3.63. The Bertz CT molecular complexity index is 1210. The number of para-hydroxylation sites is 1. The van der Waals surface area contributed by atoms with E-state index in [0.717, 1.165) is 11.3 Å². The number of anilines is 1. The Kier molecular flexibility index (Phi) is 4.66. The maximum atomic E-state index is 12.5. The number of rotatable bonds is 5. The second kappa shape index (κ2) is 7.43. The van der Waals surface area contributed by atoms with E-state index in [4.69, 9.17) is 9.15 Å². The Morgan fingerprint density at radius 2 is 1.86 bits per heavy atom. The summed E-state index contributed by atoms with van der Waals surface area (Å²) in [5, 5.41) is 13.8. The molecule has 0 fully saturated rings. The smallest absolute Gasteiger partial charge is 0.282 e. The van der Waals surface area contributed by atoms with Crippen molar-refractivity contribution in [2.45, 2.75) is 0 Å². The number of carbonyl (C=O) groups excluding carboxylic acids is 1. The van der Waals surface area contributed by atoms with Gasteiger partial charge in [0.2, 0.25) is 5.89 Å². The van der Waals surface area contributed by atoms with E-state index in [2.05, 4.69) is 10.3 Å². The molecule has 0 aliphatic heterocycles. The number of nitro benzene ring substituents is 1. The van der Waals surface area contributed by atoms with Crippen LogP contribution < -0.4 is 10.1 Å². The lowest BCUT2D eigenvalue weighted by atomic mass is 10.1. The van der Waals surface area contributed by atoms with Crippen LogP contribution in [0.25, 0.3) is 22.6 Å². The van der Waals surface area contributed by atoms with Gasteiger partial charge in [-0.3, -0.25) is 14.9 Å². The third-order valence-corrected chi connectivity index (χ3v) is 4.33. The number of fused-ring (bicyclic) bond motifs is 1. The maximum absolute atomic E-state index is 12.5. The number of amides is 1. The molecular weight excluding hydrogens is 374 g/mol. The van der Waals surface area contributed by atoms with E-state index in [9.17, 15) is 14.9 Å². The fourth-order valence-electron chi connectivity index (χ4n) is 2.89. The van der Waals surface area contributed by atoms with Crippen LogP contribution in [0.1, 0.15) is 10.4 Å². The van der Waals surface area contributed by atoms with Gasteiger partial charge in [0.25, 0.3) is 11.6 Å². The normalized spacial score (nSPS) is 10.7. The molecule has 144 valence electrons. The largest absolute Gasteiger partial charge is 0.497 e. The SMILES string of the molecule is COc1ccc(-c2nc3cc(NC(=O)c4ccccc4[N+](=O)[O-])ccc3o2)cc1. The number of nitro groups is 1. The van der Waals surface area contributed by atoms with E-state index >= 15 is 0 Å². The first-order chi connectivity index (χ1) is 14.0. The average Bonchev–Trinajstić information content (AvgIpc) is 3.17. The second-order valence-electron chi connectivity index (χ2n) is 6.16. The summed E-state index contributed by atoms with van der Waals surface area (Å²) in [5.41, 5.74) is 2.07. The molecular formula is C21H15N3O5.